The molecule has 41 heavy (non-hydrogen) atoms. The second-order valence-electron chi connectivity index (χ2n) is 10.5. The van der Waals surface area contributed by atoms with Gasteiger partial charge in [-0.15, -0.1) is 0 Å². The molecular formula is C25H28F9N3O4. The predicted octanol–water partition coefficient (Wildman–Crippen LogP) is 5.64. The first-order valence-electron chi connectivity index (χ1n) is 12.7. The second-order valence-corrected chi connectivity index (χ2v) is 10.5. The van der Waals surface area contributed by atoms with Crippen LogP contribution < -0.4 is 4.90 Å². The number of alkyl halides is 9. The maximum absolute atomic E-state index is 13.5. The fourth-order valence-electron chi connectivity index (χ4n) is 5.57. The SMILES string of the molecule is O=C(OC(C(F)(F)F)C(F)(F)F)N1CCC2(CCN(Cc3cc(N4CCCC4)cc(C(F)(F)F)c3)C2)CC1.O=C=O. The summed E-state index contributed by atoms with van der Waals surface area (Å²) in [6, 6.07) is 4.07. The van der Waals surface area contributed by atoms with Crippen molar-refractivity contribution in [2.75, 3.05) is 44.2 Å². The highest BCUT2D eigenvalue weighted by molar-refractivity contribution is 5.68. The average molecular weight is 605 g/mol. The highest BCUT2D eigenvalue weighted by Gasteiger charge is 2.60. The van der Waals surface area contributed by atoms with Gasteiger partial charge in [0.25, 0.3) is 6.10 Å². The van der Waals surface area contributed by atoms with E-state index in [1.54, 1.807) is 6.07 Å². The van der Waals surface area contributed by atoms with E-state index in [1.807, 2.05) is 9.80 Å². The number of hydrogen-bond acceptors (Lipinski definition) is 6. The van der Waals surface area contributed by atoms with Gasteiger partial charge in [0.05, 0.1) is 5.56 Å². The van der Waals surface area contributed by atoms with E-state index >= 15 is 0 Å². The zero-order valence-corrected chi connectivity index (χ0v) is 21.7. The number of ether oxygens (including phenoxy) is 1. The highest BCUT2D eigenvalue weighted by Crippen LogP contribution is 2.42. The molecule has 4 rings (SSSR count). The highest BCUT2D eigenvalue weighted by atomic mass is 19.4. The monoisotopic (exact) mass is 605 g/mol. The van der Waals surface area contributed by atoms with Gasteiger partial charge in [-0.1, -0.05) is 0 Å². The number of carbonyl (C=O) groups is 1. The molecular weight excluding hydrogens is 577 g/mol. The Balaban J connectivity index is 0.00000147. The Morgan fingerprint density at radius 3 is 1.90 bits per heavy atom. The molecule has 0 atom stereocenters. The third-order valence-corrected chi connectivity index (χ3v) is 7.60. The number of nitrogens with zero attached hydrogens (tertiary/aromatic N) is 3. The maximum Gasteiger partial charge on any atom is 0.434 e. The number of likely N-dealkylation sites (tertiary alicyclic amines) is 2. The molecule has 0 aliphatic carbocycles. The topological polar surface area (TPSA) is 70.2 Å². The van der Waals surface area contributed by atoms with E-state index in [0.29, 0.717) is 56.7 Å². The normalized spacial score (nSPS) is 19.8. The van der Waals surface area contributed by atoms with E-state index in [1.165, 1.54) is 0 Å². The lowest BCUT2D eigenvalue weighted by Crippen LogP contribution is -2.50. The summed E-state index contributed by atoms with van der Waals surface area (Å²) in [6.07, 6.45) is -18.5. The van der Waals surface area contributed by atoms with Gasteiger partial charge in [0.15, 0.2) is 0 Å². The summed E-state index contributed by atoms with van der Waals surface area (Å²) in [4.78, 5) is 33.1. The lowest BCUT2D eigenvalue weighted by Gasteiger charge is -2.39. The summed E-state index contributed by atoms with van der Waals surface area (Å²) in [5.74, 6) is 0. The number of piperidine rings is 1. The van der Waals surface area contributed by atoms with Crippen LogP contribution in [0.25, 0.3) is 0 Å². The molecule has 16 heteroatoms. The Morgan fingerprint density at radius 1 is 0.854 bits per heavy atom. The van der Waals surface area contributed by atoms with Gasteiger partial charge in [-0.05, 0) is 67.8 Å². The Hall–Kier alpha value is -3.00. The zero-order chi connectivity index (χ0) is 30.6. The van der Waals surface area contributed by atoms with E-state index in [2.05, 4.69) is 4.74 Å². The third-order valence-electron chi connectivity index (χ3n) is 7.60. The second kappa shape index (κ2) is 12.5. The largest absolute Gasteiger partial charge is 0.434 e. The summed E-state index contributed by atoms with van der Waals surface area (Å²) in [7, 11) is 0. The summed E-state index contributed by atoms with van der Waals surface area (Å²) in [6.45, 7) is 2.59. The van der Waals surface area contributed by atoms with Crippen LogP contribution in [-0.4, -0.2) is 79.8 Å². The number of anilines is 1. The van der Waals surface area contributed by atoms with Gasteiger partial charge in [0.2, 0.25) is 0 Å². The minimum Gasteiger partial charge on any atom is -0.426 e. The van der Waals surface area contributed by atoms with E-state index in [0.717, 1.165) is 29.9 Å². The Bertz CT molecular complexity index is 1070. The molecule has 7 nitrogen and oxygen atoms in total. The van der Waals surface area contributed by atoms with Crippen molar-refractivity contribution >= 4 is 17.9 Å². The molecule has 0 radical (unpaired) electrons. The van der Waals surface area contributed by atoms with E-state index in [9.17, 15) is 44.3 Å². The molecule has 3 heterocycles. The quantitative estimate of drug-likeness (QED) is 0.414. The summed E-state index contributed by atoms with van der Waals surface area (Å²) < 4.78 is 121. The van der Waals surface area contributed by atoms with Crippen LogP contribution in [0.1, 0.15) is 43.2 Å². The van der Waals surface area contributed by atoms with Gasteiger partial charge in [0, 0.05) is 45.0 Å². The summed E-state index contributed by atoms with van der Waals surface area (Å²) >= 11 is 0. The maximum atomic E-state index is 13.5. The lowest BCUT2D eigenvalue weighted by molar-refractivity contribution is -0.308. The number of hydrogen-bond donors (Lipinski definition) is 0. The van der Waals surface area contributed by atoms with Crippen LogP contribution >= 0.6 is 0 Å². The van der Waals surface area contributed by atoms with Crippen molar-refractivity contribution in [2.45, 2.75) is 63.3 Å². The summed E-state index contributed by atoms with van der Waals surface area (Å²) in [5.41, 5.74) is 0.00627. The van der Waals surface area contributed by atoms with Crippen LogP contribution in [0.5, 0.6) is 0 Å². The van der Waals surface area contributed by atoms with Crippen molar-refractivity contribution in [3.8, 4) is 0 Å². The molecule has 0 bridgehead atoms. The molecule has 3 saturated heterocycles. The van der Waals surface area contributed by atoms with Crippen molar-refractivity contribution in [2.24, 2.45) is 5.41 Å². The van der Waals surface area contributed by atoms with Gasteiger partial charge in [-0.3, -0.25) is 4.90 Å². The van der Waals surface area contributed by atoms with Crippen LogP contribution in [0.4, 0.5) is 50.0 Å². The molecule has 3 aliphatic rings. The van der Waals surface area contributed by atoms with Gasteiger partial charge < -0.3 is 14.5 Å². The van der Waals surface area contributed by atoms with Crippen molar-refractivity contribution in [1.29, 1.82) is 0 Å². The van der Waals surface area contributed by atoms with Crippen LogP contribution in [-0.2, 0) is 27.0 Å². The lowest BCUT2D eigenvalue weighted by atomic mass is 9.78. The van der Waals surface area contributed by atoms with E-state index < -0.39 is 36.3 Å². The number of benzene rings is 1. The van der Waals surface area contributed by atoms with Crippen molar-refractivity contribution in [1.82, 2.24) is 9.80 Å². The van der Waals surface area contributed by atoms with Crippen LogP contribution in [0.15, 0.2) is 18.2 Å². The Kier molecular flexibility index (Phi) is 9.89. The molecule has 1 aromatic rings. The molecule has 0 unspecified atom stereocenters. The molecule has 3 fully saturated rings. The summed E-state index contributed by atoms with van der Waals surface area (Å²) in [5, 5.41) is 0. The zero-order valence-electron chi connectivity index (χ0n) is 21.7. The molecule has 0 aromatic heterocycles. The van der Waals surface area contributed by atoms with Crippen molar-refractivity contribution in [3.05, 3.63) is 29.3 Å². The first-order valence-corrected chi connectivity index (χ1v) is 12.7. The van der Waals surface area contributed by atoms with Crippen LogP contribution in [0.3, 0.4) is 0 Å². The van der Waals surface area contributed by atoms with Gasteiger partial charge in [0.1, 0.15) is 0 Å². The Labute approximate surface area is 229 Å². The molecule has 1 spiro atoms. The fraction of sp³-hybridized carbons (Fsp3) is 0.680. The molecule has 3 aliphatic heterocycles. The molecule has 1 aromatic carbocycles. The van der Waals surface area contributed by atoms with Gasteiger partial charge >= 0.3 is 30.8 Å². The fourth-order valence-corrected chi connectivity index (χ4v) is 5.57. The van der Waals surface area contributed by atoms with Gasteiger partial charge in [-0.2, -0.15) is 49.1 Å². The molecule has 1 amide bonds. The minimum atomic E-state index is -5.78. The first kappa shape index (κ1) is 32.5. The smallest absolute Gasteiger partial charge is 0.426 e. The van der Waals surface area contributed by atoms with Crippen LogP contribution in [0.2, 0.25) is 0 Å². The van der Waals surface area contributed by atoms with E-state index in [-0.39, 0.29) is 31.2 Å². The third kappa shape index (κ3) is 8.51. The predicted molar refractivity (Wildman–Crippen MR) is 123 cm³/mol. The van der Waals surface area contributed by atoms with Crippen molar-refractivity contribution < 1.29 is 58.6 Å². The van der Waals surface area contributed by atoms with Gasteiger partial charge in [-0.25, -0.2) is 4.79 Å². The molecule has 230 valence electrons. The number of rotatable bonds is 4. The molecule has 0 saturated carbocycles. The number of carbonyl (C=O) groups excluding carboxylic acids is 3. The van der Waals surface area contributed by atoms with Crippen LogP contribution in [0, 0.1) is 5.41 Å². The first-order chi connectivity index (χ1) is 19.0. The van der Waals surface area contributed by atoms with Crippen molar-refractivity contribution in [3.63, 3.8) is 0 Å². The number of amides is 1. The standard InChI is InChI=1S/C24H28F9N3O2.CO2/c25-22(26,27)17-11-16(12-18(13-17)35-6-1-2-7-35)14-34-8-3-21(15-34)4-9-36(10-5-21)20(37)38-19(23(28,29)30)24(31,32)33;2-1-3/h11-13,19H,1-10,14-15H2;. The Morgan fingerprint density at radius 2 is 1.39 bits per heavy atom. The molecule has 0 N–H and O–H groups in total. The minimum absolute atomic E-state index is 0.0717. The van der Waals surface area contributed by atoms with E-state index in [4.69, 9.17) is 9.59 Å². The number of halogens is 9. The average Bonchev–Trinajstić information content (AvgIpc) is 3.52.